The van der Waals surface area contributed by atoms with Gasteiger partial charge < -0.3 is 10.6 Å². The lowest BCUT2D eigenvalue weighted by Gasteiger charge is -2.31. The molecule has 2 aliphatic carbocycles. The van der Waals surface area contributed by atoms with E-state index >= 15 is 0 Å². The minimum Gasteiger partial charge on any atom is -0.399 e. The van der Waals surface area contributed by atoms with Crippen LogP contribution in [0.1, 0.15) is 54.5 Å². The van der Waals surface area contributed by atoms with Gasteiger partial charge in [0.25, 0.3) is 0 Å². The van der Waals surface area contributed by atoms with Crippen LogP contribution in [0.5, 0.6) is 0 Å². The quantitative estimate of drug-likeness (QED) is 0.0941. The second-order valence-electron chi connectivity index (χ2n) is 10.7. The number of allylic oxidation sites excluding steroid dienone is 6. The number of hydrogen-bond donors (Lipinski definition) is 3. The number of hydrogen-bond acceptors (Lipinski definition) is 5. The number of fused-ring (bicyclic) bond motifs is 3. The molecule has 0 saturated heterocycles. The highest BCUT2D eigenvalue weighted by Gasteiger charge is 2.24. The zero-order valence-corrected chi connectivity index (χ0v) is 27.0. The fraction of sp³-hybridized carbons (Fsp3) is 0.171. The fourth-order valence-electron chi connectivity index (χ4n) is 5.65. The monoisotopic (exact) mass is 605 g/mol. The first kappa shape index (κ1) is 33.5. The van der Waals surface area contributed by atoms with Crippen LogP contribution in [0.25, 0.3) is 5.57 Å². The summed E-state index contributed by atoms with van der Waals surface area (Å²) in [7, 11) is 1.65. The predicted molar refractivity (Wildman–Crippen MR) is 193 cm³/mol. The molecule has 4 aromatic carbocycles. The zero-order chi connectivity index (χ0) is 32.7. The molecule has 232 valence electrons. The molecule has 5 heteroatoms. The van der Waals surface area contributed by atoms with Gasteiger partial charge in [0.15, 0.2) is 0 Å². The summed E-state index contributed by atoms with van der Waals surface area (Å²) in [5, 5.41) is 8.36. The Hall–Kier alpha value is -5.37. The highest BCUT2D eigenvalue weighted by atomic mass is 15.2. The van der Waals surface area contributed by atoms with Gasteiger partial charge in [-0.25, -0.2) is 0 Å². The molecule has 8 rings (SSSR count). The molecule has 4 aliphatic rings. The highest BCUT2D eigenvalue weighted by Crippen LogP contribution is 2.39. The van der Waals surface area contributed by atoms with Gasteiger partial charge in [0, 0.05) is 29.6 Å². The third kappa shape index (κ3) is 8.63. The van der Waals surface area contributed by atoms with Crippen LogP contribution in [0, 0.1) is 11.3 Å². The van der Waals surface area contributed by atoms with Gasteiger partial charge in [-0.2, -0.15) is 5.26 Å². The molecule has 0 unspecified atom stereocenters. The Balaban J connectivity index is 0.000000290. The minimum absolute atomic E-state index is 0.606. The van der Waals surface area contributed by atoms with E-state index in [0.29, 0.717) is 11.3 Å². The maximum Gasteiger partial charge on any atom is 0.0992 e. The number of nitrogens with zero attached hydrogens (tertiary/aromatic N) is 2. The Morgan fingerprint density at radius 3 is 2.17 bits per heavy atom. The van der Waals surface area contributed by atoms with Crippen molar-refractivity contribution in [3.8, 4) is 6.07 Å². The maximum atomic E-state index is 8.36. The van der Waals surface area contributed by atoms with E-state index in [0.717, 1.165) is 25.8 Å². The molecule has 0 atom stereocenters. The summed E-state index contributed by atoms with van der Waals surface area (Å²) in [5.41, 5.74) is 24.4. The van der Waals surface area contributed by atoms with E-state index in [2.05, 4.69) is 125 Å². The Morgan fingerprint density at radius 2 is 1.48 bits per heavy atom. The molecule has 2 heterocycles. The van der Waals surface area contributed by atoms with Gasteiger partial charge in [0.1, 0.15) is 0 Å². The van der Waals surface area contributed by atoms with E-state index in [-0.39, 0.29) is 0 Å². The molecule has 5 nitrogen and oxygen atoms in total. The van der Waals surface area contributed by atoms with Crippen LogP contribution in [-0.2, 0) is 13.0 Å². The third-order valence-corrected chi connectivity index (χ3v) is 7.69. The number of hydrazine groups is 1. The number of nitrogens with two attached hydrogens (primary N) is 2. The summed E-state index contributed by atoms with van der Waals surface area (Å²) in [6, 6.07) is 37.5. The summed E-state index contributed by atoms with van der Waals surface area (Å²) >= 11 is 0. The Bertz CT molecular complexity index is 1820. The second-order valence-corrected chi connectivity index (χ2v) is 10.7. The van der Waals surface area contributed by atoms with E-state index in [9.17, 15) is 0 Å². The van der Waals surface area contributed by atoms with E-state index in [1.54, 1.807) is 31.3 Å². The van der Waals surface area contributed by atoms with Crippen LogP contribution in [-0.4, -0.2) is 7.05 Å². The van der Waals surface area contributed by atoms with E-state index in [4.69, 9.17) is 11.0 Å². The average Bonchev–Trinajstić information content (AvgIpc) is 3.60. The zero-order valence-electron chi connectivity index (χ0n) is 27.0. The van der Waals surface area contributed by atoms with Crippen LogP contribution in [0.15, 0.2) is 150 Å². The molecule has 2 aliphatic heterocycles. The van der Waals surface area contributed by atoms with Crippen LogP contribution < -0.4 is 21.9 Å². The number of anilines is 2. The molecule has 0 aromatic heterocycles. The van der Waals surface area contributed by atoms with Gasteiger partial charge in [-0.05, 0) is 96.1 Å². The summed E-state index contributed by atoms with van der Waals surface area (Å²) in [6.45, 7) is 4.85. The molecular weight excluding hydrogens is 562 g/mol. The Kier molecular flexibility index (Phi) is 12.5. The molecule has 46 heavy (non-hydrogen) atoms. The minimum atomic E-state index is 0.606. The standard InChI is InChI=1S/C31H25N.C7H6N2.C2H6.CH6N2/c1-2-8-23(9-3-1)20-24-10-6-12-28(21-24)32-22-27-11-4-5-13-29(27)25-16-18-26(19-17-25)30-14-7-15-31(30)32;8-5-6-2-1-3-7(9)4-6;1-2;1-3-2/h1-6,8-16,18,21H,17,19-20,22H2;1-4H,9H2;1-2H3;3H,2H2,1H3. The van der Waals surface area contributed by atoms with E-state index in [1.165, 1.54) is 50.4 Å². The SMILES string of the molecule is C1=CC2=C(C=1)N(c1cccc(Cc3ccccc3)c1)Cc1ccccc1C1=CC=C2CC1.CC.CNN.N#Cc1cccc(N)c1. The molecule has 0 radical (unpaired) electrons. The van der Waals surface area contributed by atoms with Crippen molar-refractivity contribution in [2.24, 2.45) is 5.84 Å². The van der Waals surface area contributed by atoms with Crippen molar-refractivity contribution in [3.63, 3.8) is 0 Å². The molecule has 0 spiro atoms. The number of benzene rings is 4. The summed E-state index contributed by atoms with van der Waals surface area (Å²) in [6.07, 6.45) is 12.1. The van der Waals surface area contributed by atoms with Gasteiger partial charge in [0.05, 0.1) is 17.3 Å². The molecule has 4 aromatic rings. The van der Waals surface area contributed by atoms with Gasteiger partial charge in [-0.1, -0.05) is 98.8 Å². The lowest BCUT2D eigenvalue weighted by molar-refractivity contribution is 0.897. The first-order chi connectivity index (χ1) is 22.6. The number of nitrogen functional groups attached to an aromatic ring is 1. The largest absolute Gasteiger partial charge is 0.399 e. The van der Waals surface area contributed by atoms with Crippen molar-refractivity contribution in [3.05, 3.63) is 178 Å². The molecule has 2 bridgehead atoms. The molecule has 0 fully saturated rings. The van der Waals surface area contributed by atoms with Crippen molar-refractivity contribution < 1.29 is 0 Å². The normalized spacial score (nSPS) is 13.7. The molecular formula is C41H43N5. The topological polar surface area (TPSA) is 91.1 Å². The van der Waals surface area contributed by atoms with Crippen molar-refractivity contribution in [2.45, 2.75) is 39.7 Å². The summed E-state index contributed by atoms with van der Waals surface area (Å²) in [4.78, 5) is 2.47. The van der Waals surface area contributed by atoms with Crippen LogP contribution >= 0.6 is 0 Å². The Labute approximate surface area is 274 Å². The van der Waals surface area contributed by atoms with Crippen molar-refractivity contribution >= 4 is 16.9 Å². The maximum absolute atomic E-state index is 8.36. The van der Waals surface area contributed by atoms with Crippen molar-refractivity contribution in [1.82, 2.24) is 5.43 Å². The first-order valence-corrected chi connectivity index (χ1v) is 15.8. The first-order valence-electron chi connectivity index (χ1n) is 15.8. The fourth-order valence-corrected chi connectivity index (χ4v) is 5.65. The highest BCUT2D eigenvalue weighted by molar-refractivity contribution is 5.75. The van der Waals surface area contributed by atoms with Crippen LogP contribution in [0.2, 0.25) is 0 Å². The smallest absolute Gasteiger partial charge is 0.0992 e. The molecule has 0 saturated carbocycles. The van der Waals surface area contributed by atoms with Gasteiger partial charge in [-0.15, -0.1) is 5.73 Å². The number of rotatable bonds is 3. The van der Waals surface area contributed by atoms with E-state index in [1.807, 2.05) is 19.9 Å². The van der Waals surface area contributed by atoms with E-state index < -0.39 is 0 Å². The van der Waals surface area contributed by atoms with Gasteiger partial charge in [0.2, 0.25) is 0 Å². The average molecular weight is 606 g/mol. The van der Waals surface area contributed by atoms with Crippen molar-refractivity contribution in [2.75, 3.05) is 17.7 Å². The lowest BCUT2D eigenvalue weighted by atomic mass is 9.86. The Morgan fingerprint density at radius 1 is 0.804 bits per heavy atom. The van der Waals surface area contributed by atoms with Crippen LogP contribution in [0.4, 0.5) is 11.4 Å². The summed E-state index contributed by atoms with van der Waals surface area (Å²) in [5.74, 6) is 4.60. The van der Waals surface area contributed by atoms with Gasteiger partial charge >= 0.3 is 0 Å². The summed E-state index contributed by atoms with van der Waals surface area (Å²) < 4.78 is 0. The van der Waals surface area contributed by atoms with Gasteiger partial charge in [-0.3, -0.25) is 11.3 Å². The number of nitriles is 1. The molecule has 0 amide bonds. The predicted octanol–water partition coefficient (Wildman–Crippen LogP) is 8.63. The third-order valence-electron chi connectivity index (χ3n) is 7.69. The lowest BCUT2D eigenvalue weighted by Crippen LogP contribution is -2.24. The molecule has 5 N–H and O–H groups in total. The number of nitrogens with one attached hydrogen (secondary N) is 1. The van der Waals surface area contributed by atoms with Crippen molar-refractivity contribution in [1.29, 1.82) is 5.26 Å². The second kappa shape index (κ2) is 17.2. The van der Waals surface area contributed by atoms with Crippen LogP contribution in [0.3, 0.4) is 0 Å².